The zero-order valence-corrected chi connectivity index (χ0v) is 21.7. The molecule has 0 aliphatic heterocycles. The summed E-state index contributed by atoms with van der Waals surface area (Å²) in [4.78, 5) is 5.64. The van der Waals surface area contributed by atoms with E-state index in [1.54, 1.807) is 0 Å². The first-order valence-electron chi connectivity index (χ1n) is 13.5. The van der Waals surface area contributed by atoms with Crippen molar-refractivity contribution in [3.05, 3.63) is 144 Å². The normalized spacial score (nSPS) is 23.6. The molecule has 0 saturated heterocycles. The van der Waals surface area contributed by atoms with Gasteiger partial charge in [0.2, 0.25) is 0 Å². The molecule has 6 rings (SSSR count). The number of aliphatic imine (C=N–C) groups is 1. The molecule has 2 fully saturated rings. The van der Waals surface area contributed by atoms with Crippen LogP contribution in [0.15, 0.2) is 126 Å². The van der Waals surface area contributed by atoms with Crippen molar-refractivity contribution in [3.63, 3.8) is 0 Å². The van der Waals surface area contributed by atoms with E-state index in [-0.39, 0.29) is 11.5 Å². The molecule has 2 heteroatoms. The Morgan fingerprint density at radius 2 is 1.14 bits per heavy atom. The van der Waals surface area contributed by atoms with Gasteiger partial charge >= 0.3 is 0 Å². The molecule has 0 unspecified atom stereocenters. The van der Waals surface area contributed by atoms with Crippen LogP contribution in [0.2, 0.25) is 0 Å². The molecule has 0 radical (unpaired) electrons. The SMILES string of the molecule is CC1(C)[C@@H]2CC[C@@]1(C(O)(c1ccccc1)c1ccccc1)C(=NC(c1ccccc1)c1ccccc1)C2. The summed E-state index contributed by atoms with van der Waals surface area (Å²) in [6, 6.07) is 41.7. The molecule has 1 N–H and O–H groups in total. The zero-order valence-electron chi connectivity index (χ0n) is 21.7. The number of fused-ring (bicyclic) bond motifs is 2. The number of nitrogens with zero attached hydrogens (tertiary/aromatic N) is 1. The van der Waals surface area contributed by atoms with Crippen molar-refractivity contribution < 1.29 is 5.11 Å². The molecule has 2 nitrogen and oxygen atoms in total. The van der Waals surface area contributed by atoms with E-state index in [4.69, 9.17) is 4.99 Å². The standard InChI is InChI=1S/C35H35NO/c1-33(2)30-23-24-34(33,35(37,28-19-11-5-12-20-28)29-21-13-6-14-22-29)31(25-30)36-32(26-15-7-3-8-16-26)27-17-9-4-10-18-27/h3-22,30,32,37H,23-25H2,1-2H3/t30-,34-/m1/s1. The van der Waals surface area contributed by atoms with Crippen molar-refractivity contribution in [1.29, 1.82) is 0 Å². The molecular weight excluding hydrogens is 450 g/mol. The molecule has 0 aromatic heterocycles. The van der Waals surface area contributed by atoms with Gasteiger partial charge in [-0.25, -0.2) is 0 Å². The Balaban J connectivity index is 1.62. The number of aliphatic hydroxyl groups is 1. The summed E-state index contributed by atoms with van der Waals surface area (Å²) in [5.74, 6) is 0.484. The van der Waals surface area contributed by atoms with Crippen LogP contribution >= 0.6 is 0 Å². The van der Waals surface area contributed by atoms with Crippen LogP contribution in [0.1, 0.15) is 61.4 Å². The summed E-state index contributed by atoms with van der Waals surface area (Å²) in [5.41, 5.74) is 3.57. The molecule has 0 amide bonds. The molecule has 0 spiro atoms. The third-order valence-electron chi connectivity index (χ3n) is 9.44. The van der Waals surface area contributed by atoms with Gasteiger partial charge < -0.3 is 5.11 Å². The van der Waals surface area contributed by atoms with Crippen LogP contribution in [0.3, 0.4) is 0 Å². The Morgan fingerprint density at radius 3 is 1.57 bits per heavy atom. The molecular formula is C35H35NO. The fraction of sp³-hybridized carbons (Fsp3) is 0.286. The first-order chi connectivity index (χ1) is 18.0. The molecule has 2 aliphatic rings. The average Bonchev–Trinajstić information content (AvgIpc) is 3.35. The highest BCUT2D eigenvalue weighted by Gasteiger charge is 2.71. The lowest BCUT2D eigenvalue weighted by molar-refractivity contribution is -0.0632. The Labute approximate surface area is 220 Å². The van der Waals surface area contributed by atoms with Gasteiger partial charge in [-0.15, -0.1) is 0 Å². The van der Waals surface area contributed by atoms with Crippen molar-refractivity contribution in [2.24, 2.45) is 21.7 Å². The summed E-state index contributed by atoms with van der Waals surface area (Å²) >= 11 is 0. The summed E-state index contributed by atoms with van der Waals surface area (Å²) in [7, 11) is 0. The molecule has 2 atom stereocenters. The molecule has 2 saturated carbocycles. The van der Waals surface area contributed by atoms with Gasteiger partial charge in [0.15, 0.2) is 0 Å². The Kier molecular flexibility index (Phi) is 5.88. The molecule has 4 aromatic rings. The van der Waals surface area contributed by atoms with Crippen molar-refractivity contribution in [3.8, 4) is 0 Å². The first-order valence-corrected chi connectivity index (χ1v) is 13.5. The fourth-order valence-corrected chi connectivity index (χ4v) is 7.51. The quantitative estimate of drug-likeness (QED) is 0.295. The lowest BCUT2D eigenvalue weighted by atomic mass is 9.55. The minimum absolute atomic E-state index is 0.111. The summed E-state index contributed by atoms with van der Waals surface area (Å²) in [6.45, 7) is 4.73. The molecule has 37 heavy (non-hydrogen) atoms. The van der Waals surface area contributed by atoms with Gasteiger partial charge in [0, 0.05) is 5.71 Å². The summed E-state index contributed by atoms with van der Waals surface area (Å²) in [5, 5.41) is 13.2. The van der Waals surface area contributed by atoms with Crippen molar-refractivity contribution in [1.82, 2.24) is 0 Å². The van der Waals surface area contributed by atoms with Crippen LogP contribution in [0.25, 0.3) is 0 Å². The molecule has 2 aliphatic carbocycles. The van der Waals surface area contributed by atoms with Crippen LogP contribution in [-0.4, -0.2) is 10.8 Å². The fourth-order valence-electron chi connectivity index (χ4n) is 7.51. The van der Waals surface area contributed by atoms with E-state index in [9.17, 15) is 5.11 Å². The smallest absolute Gasteiger partial charge is 0.126 e. The molecule has 186 valence electrons. The molecule has 2 bridgehead atoms. The van der Waals surface area contributed by atoms with Crippen LogP contribution in [0.5, 0.6) is 0 Å². The van der Waals surface area contributed by atoms with Gasteiger partial charge in [-0.1, -0.05) is 135 Å². The maximum atomic E-state index is 13.2. The third kappa shape index (κ3) is 3.54. The van der Waals surface area contributed by atoms with Gasteiger partial charge in [-0.05, 0) is 52.8 Å². The second-order valence-electron chi connectivity index (χ2n) is 11.3. The van der Waals surface area contributed by atoms with E-state index in [2.05, 4.69) is 98.8 Å². The van der Waals surface area contributed by atoms with Crippen LogP contribution in [0.4, 0.5) is 0 Å². The Morgan fingerprint density at radius 1 is 0.703 bits per heavy atom. The van der Waals surface area contributed by atoms with E-state index in [1.807, 2.05) is 36.4 Å². The zero-order chi connectivity index (χ0) is 25.5. The number of benzene rings is 4. The third-order valence-corrected chi connectivity index (χ3v) is 9.44. The average molecular weight is 486 g/mol. The van der Waals surface area contributed by atoms with Crippen molar-refractivity contribution in [2.75, 3.05) is 0 Å². The maximum Gasteiger partial charge on any atom is 0.126 e. The molecule has 4 aromatic carbocycles. The predicted molar refractivity (Wildman–Crippen MR) is 152 cm³/mol. The highest BCUT2D eigenvalue weighted by atomic mass is 16.3. The lowest BCUT2D eigenvalue weighted by Crippen LogP contribution is -2.55. The summed E-state index contributed by atoms with van der Waals surface area (Å²) in [6.07, 6.45) is 2.95. The van der Waals surface area contributed by atoms with Crippen molar-refractivity contribution >= 4 is 5.71 Å². The van der Waals surface area contributed by atoms with Gasteiger partial charge in [0.25, 0.3) is 0 Å². The highest BCUT2D eigenvalue weighted by molar-refractivity contribution is 5.97. The minimum Gasteiger partial charge on any atom is -0.379 e. The van der Waals surface area contributed by atoms with E-state index in [0.29, 0.717) is 5.92 Å². The number of hydrogen-bond donors (Lipinski definition) is 1. The van der Waals surface area contributed by atoms with Crippen LogP contribution in [-0.2, 0) is 5.60 Å². The van der Waals surface area contributed by atoms with Crippen LogP contribution in [0, 0.1) is 16.7 Å². The number of rotatable bonds is 6. The van der Waals surface area contributed by atoms with Gasteiger partial charge in [-0.2, -0.15) is 0 Å². The van der Waals surface area contributed by atoms with Crippen molar-refractivity contribution in [2.45, 2.75) is 44.8 Å². The predicted octanol–water partition coefficient (Wildman–Crippen LogP) is 7.98. The second kappa shape index (κ2) is 9.11. The monoisotopic (exact) mass is 485 g/mol. The van der Waals surface area contributed by atoms with Gasteiger partial charge in [0.05, 0.1) is 11.5 Å². The first kappa shape index (κ1) is 23.9. The lowest BCUT2D eigenvalue weighted by Gasteiger charge is -2.51. The highest BCUT2D eigenvalue weighted by Crippen LogP contribution is 2.71. The van der Waals surface area contributed by atoms with Gasteiger partial charge in [0.1, 0.15) is 5.60 Å². The molecule has 0 heterocycles. The summed E-state index contributed by atoms with van der Waals surface area (Å²) < 4.78 is 0. The van der Waals surface area contributed by atoms with E-state index in [1.165, 1.54) is 11.1 Å². The maximum absolute atomic E-state index is 13.2. The second-order valence-corrected chi connectivity index (χ2v) is 11.3. The largest absolute Gasteiger partial charge is 0.379 e. The van der Waals surface area contributed by atoms with E-state index < -0.39 is 11.0 Å². The minimum atomic E-state index is -1.19. The van der Waals surface area contributed by atoms with Gasteiger partial charge in [-0.3, -0.25) is 4.99 Å². The number of hydrogen-bond acceptors (Lipinski definition) is 2. The van der Waals surface area contributed by atoms with E-state index in [0.717, 1.165) is 36.1 Å². The topological polar surface area (TPSA) is 32.6 Å². The van der Waals surface area contributed by atoms with Crippen LogP contribution < -0.4 is 0 Å². The van der Waals surface area contributed by atoms with E-state index >= 15 is 0 Å². The Hall–Kier alpha value is -3.49. The Bertz CT molecular complexity index is 1300.